The SMILES string of the molecule is COc1ccc2nccc(CCN3CCCC3)c2n1. The standard InChI is InChI=1S/C15H19N3O/c1-19-14-5-4-13-15(17-14)12(6-8-16-13)7-11-18-9-2-3-10-18/h4-6,8H,2-3,7,9-11H2,1H3. The summed E-state index contributed by atoms with van der Waals surface area (Å²) in [7, 11) is 1.65. The molecule has 4 nitrogen and oxygen atoms in total. The second-order valence-corrected chi connectivity index (χ2v) is 4.99. The molecule has 100 valence electrons. The van der Waals surface area contributed by atoms with E-state index in [1.54, 1.807) is 7.11 Å². The Bertz CT molecular complexity index is 564. The van der Waals surface area contributed by atoms with Gasteiger partial charge in [0.2, 0.25) is 5.88 Å². The number of nitrogens with zero attached hydrogens (tertiary/aromatic N) is 3. The maximum atomic E-state index is 5.21. The van der Waals surface area contributed by atoms with E-state index in [4.69, 9.17) is 4.74 Å². The molecule has 0 atom stereocenters. The van der Waals surface area contributed by atoms with Crippen LogP contribution in [-0.2, 0) is 6.42 Å². The van der Waals surface area contributed by atoms with Crippen LogP contribution >= 0.6 is 0 Å². The van der Waals surface area contributed by atoms with Crippen LogP contribution < -0.4 is 4.74 Å². The third-order valence-electron chi connectivity index (χ3n) is 3.75. The predicted octanol–water partition coefficient (Wildman–Crippen LogP) is 2.28. The van der Waals surface area contributed by atoms with Crippen molar-refractivity contribution in [2.45, 2.75) is 19.3 Å². The van der Waals surface area contributed by atoms with Crippen molar-refractivity contribution in [3.63, 3.8) is 0 Å². The fourth-order valence-electron chi connectivity index (χ4n) is 2.66. The minimum absolute atomic E-state index is 0.655. The Morgan fingerprint density at radius 1 is 1.21 bits per heavy atom. The molecule has 0 aliphatic carbocycles. The lowest BCUT2D eigenvalue weighted by Crippen LogP contribution is -2.22. The number of hydrogen-bond acceptors (Lipinski definition) is 4. The molecule has 0 bridgehead atoms. The molecular weight excluding hydrogens is 238 g/mol. The summed E-state index contributed by atoms with van der Waals surface area (Å²) in [6, 6.07) is 5.91. The van der Waals surface area contributed by atoms with Crippen molar-refractivity contribution >= 4 is 11.0 Å². The lowest BCUT2D eigenvalue weighted by Gasteiger charge is -2.14. The third kappa shape index (κ3) is 2.68. The summed E-state index contributed by atoms with van der Waals surface area (Å²) in [6.07, 6.45) is 5.57. The van der Waals surface area contributed by atoms with Crippen molar-refractivity contribution in [3.05, 3.63) is 30.0 Å². The van der Waals surface area contributed by atoms with Crippen LogP contribution in [0.15, 0.2) is 24.4 Å². The van der Waals surface area contributed by atoms with Gasteiger partial charge in [-0.15, -0.1) is 0 Å². The molecule has 0 radical (unpaired) electrons. The van der Waals surface area contributed by atoms with Crippen molar-refractivity contribution < 1.29 is 4.74 Å². The fraction of sp³-hybridized carbons (Fsp3) is 0.467. The van der Waals surface area contributed by atoms with E-state index in [0.29, 0.717) is 5.88 Å². The highest BCUT2D eigenvalue weighted by atomic mass is 16.5. The molecular formula is C15H19N3O. The summed E-state index contributed by atoms with van der Waals surface area (Å²) in [4.78, 5) is 11.4. The first-order valence-corrected chi connectivity index (χ1v) is 6.88. The molecule has 19 heavy (non-hydrogen) atoms. The van der Waals surface area contributed by atoms with Gasteiger partial charge in [-0.1, -0.05) is 0 Å². The van der Waals surface area contributed by atoms with Crippen molar-refractivity contribution in [1.29, 1.82) is 0 Å². The summed E-state index contributed by atoms with van der Waals surface area (Å²) >= 11 is 0. The largest absolute Gasteiger partial charge is 0.481 e. The molecule has 1 fully saturated rings. The van der Waals surface area contributed by atoms with Crippen molar-refractivity contribution in [1.82, 2.24) is 14.9 Å². The highest BCUT2D eigenvalue weighted by Crippen LogP contribution is 2.19. The molecule has 0 saturated carbocycles. The van der Waals surface area contributed by atoms with Gasteiger partial charge in [-0.2, -0.15) is 0 Å². The maximum Gasteiger partial charge on any atom is 0.213 e. The number of pyridine rings is 2. The van der Waals surface area contributed by atoms with E-state index in [-0.39, 0.29) is 0 Å². The number of ether oxygens (including phenoxy) is 1. The van der Waals surface area contributed by atoms with Crippen LogP contribution in [0.2, 0.25) is 0 Å². The van der Waals surface area contributed by atoms with E-state index in [9.17, 15) is 0 Å². The Morgan fingerprint density at radius 3 is 2.84 bits per heavy atom. The van der Waals surface area contributed by atoms with Crippen LogP contribution in [0.1, 0.15) is 18.4 Å². The van der Waals surface area contributed by atoms with Gasteiger partial charge in [-0.05, 0) is 50.0 Å². The maximum absolute atomic E-state index is 5.21. The summed E-state index contributed by atoms with van der Waals surface area (Å²) in [5, 5.41) is 0. The second-order valence-electron chi connectivity index (χ2n) is 4.99. The summed E-state index contributed by atoms with van der Waals surface area (Å²) in [5.41, 5.74) is 3.18. The summed E-state index contributed by atoms with van der Waals surface area (Å²) in [6.45, 7) is 3.58. The quantitative estimate of drug-likeness (QED) is 0.842. The average Bonchev–Trinajstić information content (AvgIpc) is 2.97. The Labute approximate surface area is 113 Å². The monoisotopic (exact) mass is 257 g/mol. The summed E-state index contributed by atoms with van der Waals surface area (Å²) in [5.74, 6) is 0.655. The van der Waals surface area contributed by atoms with E-state index in [1.165, 1.54) is 31.5 Å². The Hall–Kier alpha value is -1.68. The Kier molecular flexibility index (Phi) is 3.60. The number of fused-ring (bicyclic) bond motifs is 1. The van der Waals surface area contributed by atoms with Gasteiger partial charge in [-0.3, -0.25) is 4.98 Å². The minimum Gasteiger partial charge on any atom is -0.481 e. The van der Waals surface area contributed by atoms with Crippen molar-refractivity contribution in [2.24, 2.45) is 0 Å². The first kappa shape index (κ1) is 12.4. The molecule has 0 spiro atoms. The zero-order valence-electron chi connectivity index (χ0n) is 11.3. The average molecular weight is 257 g/mol. The number of rotatable bonds is 4. The molecule has 0 amide bonds. The van der Waals surface area contributed by atoms with Crippen LogP contribution in [0.4, 0.5) is 0 Å². The third-order valence-corrected chi connectivity index (χ3v) is 3.75. The number of likely N-dealkylation sites (tertiary alicyclic amines) is 1. The highest BCUT2D eigenvalue weighted by Gasteiger charge is 2.12. The van der Waals surface area contributed by atoms with E-state index >= 15 is 0 Å². The number of hydrogen-bond donors (Lipinski definition) is 0. The molecule has 0 unspecified atom stereocenters. The molecule has 3 rings (SSSR count). The summed E-state index contributed by atoms with van der Waals surface area (Å²) < 4.78 is 5.21. The number of aromatic nitrogens is 2. The fourth-order valence-corrected chi connectivity index (χ4v) is 2.66. The molecule has 3 heterocycles. The van der Waals surface area contributed by atoms with Crippen LogP contribution in [0.3, 0.4) is 0 Å². The van der Waals surface area contributed by atoms with Crippen molar-refractivity contribution in [2.75, 3.05) is 26.7 Å². The molecule has 2 aromatic rings. The predicted molar refractivity (Wildman–Crippen MR) is 75.5 cm³/mol. The molecule has 2 aromatic heterocycles. The molecule has 4 heteroatoms. The van der Waals surface area contributed by atoms with Gasteiger partial charge in [-0.25, -0.2) is 4.98 Å². The van der Waals surface area contributed by atoms with Gasteiger partial charge in [0.1, 0.15) is 0 Å². The lowest BCUT2D eigenvalue weighted by molar-refractivity contribution is 0.344. The topological polar surface area (TPSA) is 38.2 Å². The molecule has 1 aliphatic rings. The normalized spacial score (nSPS) is 16.1. The molecule has 1 saturated heterocycles. The zero-order chi connectivity index (χ0) is 13.1. The van der Waals surface area contributed by atoms with E-state index in [2.05, 4.69) is 20.9 Å². The minimum atomic E-state index is 0.655. The van der Waals surface area contributed by atoms with Gasteiger partial charge in [0.05, 0.1) is 18.1 Å². The highest BCUT2D eigenvalue weighted by molar-refractivity contribution is 5.78. The number of methoxy groups -OCH3 is 1. The molecule has 0 N–H and O–H groups in total. The lowest BCUT2D eigenvalue weighted by atomic mass is 10.1. The van der Waals surface area contributed by atoms with Gasteiger partial charge in [0.15, 0.2) is 0 Å². The Balaban J connectivity index is 1.84. The van der Waals surface area contributed by atoms with Gasteiger partial charge in [0, 0.05) is 18.8 Å². The van der Waals surface area contributed by atoms with Crippen LogP contribution in [0.25, 0.3) is 11.0 Å². The van der Waals surface area contributed by atoms with Gasteiger partial charge < -0.3 is 9.64 Å². The van der Waals surface area contributed by atoms with E-state index in [1.807, 2.05) is 18.3 Å². The zero-order valence-corrected chi connectivity index (χ0v) is 11.3. The smallest absolute Gasteiger partial charge is 0.213 e. The molecule has 0 aromatic carbocycles. The van der Waals surface area contributed by atoms with Crippen LogP contribution in [0, 0.1) is 0 Å². The second kappa shape index (κ2) is 5.53. The van der Waals surface area contributed by atoms with Crippen LogP contribution in [0.5, 0.6) is 5.88 Å². The first-order valence-electron chi connectivity index (χ1n) is 6.88. The van der Waals surface area contributed by atoms with Gasteiger partial charge in [0.25, 0.3) is 0 Å². The van der Waals surface area contributed by atoms with Crippen LogP contribution in [-0.4, -0.2) is 41.6 Å². The Morgan fingerprint density at radius 2 is 2.05 bits per heavy atom. The van der Waals surface area contributed by atoms with E-state index < -0.39 is 0 Å². The van der Waals surface area contributed by atoms with E-state index in [0.717, 1.165) is 24.0 Å². The first-order chi connectivity index (χ1) is 9.36. The van der Waals surface area contributed by atoms with Crippen molar-refractivity contribution in [3.8, 4) is 5.88 Å². The van der Waals surface area contributed by atoms with Gasteiger partial charge >= 0.3 is 0 Å². The molecule has 1 aliphatic heterocycles.